The molecule has 3 N–H and O–H groups in total. The Morgan fingerprint density at radius 1 is 1.05 bits per heavy atom. The number of aryl methyl sites for hydroxylation is 1. The highest BCUT2D eigenvalue weighted by Crippen LogP contribution is 2.33. The first-order valence-corrected chi connectivity index (χ1v) is 13.5. The van der Waals surface area contributed by atoms with Crippen molar-refractivity contribution in [2.45, 2.75) is 26.2 Å². The van der Waals surface area contributed by atoms with Crippen molar-refractivity contribution in [1.29, 1.82) is 0 Å². The maximum absolute atomic E-state index is 15.4. The molecule has 0 unspecified atom stereocenters. The van der Waals surface area contributed by atoms with E-state index in [2.05, 4.69) is 42.8 Å². The van der Waals surface area contributed by atoms with Crippen molar-refractivity contribution in [3.05, 3.63) is 72.8 Å². The fraction of sp³-hybridized carbons (Fsp3) is 0.267. The summed E-state index contributed by atoms with van der Waals surface area (Å²) in [6, 6.07) is 12.8. The van der Waals surface area contributed by atoms with Gasteiger partial charge in [0.25, 0.3) is 0 Å². The predicted octanol–water partition coefficient (Wildman–Crippen LogP) is 5.23. The third-order valence-electron chi connectivity index (χ3n) is 6.64. The van der Waals surface area contributed by atoms with Crippen molar-refractivity contribution in [3.63, 3.8) is 0 Å². The molecule has 0 amide bonds. The lowest BCUT2D eigenvalue weighted by atomic mass is 10.1. The molecule has 0 aliphatic carbocycles. The Balaban J connectivity index is 0.000000624. The number of nitrogens with two attached hydrogens (primary N) is 1. The number of halogens is 1. The molecule has 1 saturated heterocycles. The number of aldehydes is 1. The molecule has 12 heteroatoms. The Bertz CT molecular complexity index is 1680. The van der Waals surface area contributed by atoms with E-state index in [1.807, 2.05) is 31.3 Å². The number of pyridine rings is 1. The van der Waals surface area contributed by atoms with Crippen molar-refractivity contribution in [1.82, 2.24) is 29.9 Å². The first kappa shape index (κ1) is 30.0. The number of hydrogen-bond acceptors (Lipinski definition) is 10. The van der Waals surface area contributed by atoms with E-state index in [-0.39, 0.29) is 5.69 Å². The van der Waals surface area contributed by atoms with E-state index in [0.29, 0.717) is 45.7 Å². The van der Waals surface area contributed by atoms with Gasteiger partial charge in [0.15, 0.2) is 11.6 Å². The Hall–Kier alpha value is -4.97. The fourth-order valence-electron chi connectivity index (χ4n) is 4.53. The minimum atomic E-state index is -0.424. The number of ether oxygens (including phenoxy) is 1. The number of nitrogens with zero attached hydrogens (tertiary/aromatic N) is 7. The van der Waals surface area contributed by atoms with Gasteiger partial charge < -0.3 is 20.7 Å². The molecule has 0 bridgehead atoms. The molecule has 0 spiro atoms. The Labute approximate surface area is 243 Å². The van der Waals surface area contributed by atoms with Gasteiger partial charge >= 0.3 is 0 Å². The fourth-order valence-corrected chi connectivity index (χ4v) is 4.53. The van der Waals surface area contributed by atoms with Gasteiger partial charge in [0, 0.05) is 31.8 Å². The number of aromatic nitrogens is 6. The van der Waals surface area contributed by atoms with Gasteiger partial charge in [-0.2, -0.15) is 0 Å². The molecule has 42 heavy (non-hydrogen) atoms. The lowest BCUT2D eigenvalue weighted by Crippen LogP contribution is -2.30. The number of piperidine rings is 1. The van der Waals surface area contributed by atoms with Gasteiger partial charge in [0.2, 0.25) is 0 Å². The van der Waals surface area contributed by atoms with Crippen LogP contribution < -0.4 is 20.7 Å². The number of fused-ring (bicyclic) bond motifs is 2. The summed E-state index contributed by atoms with van der Waals surface area (Å²) in [5.74, 6) is 1.90. The molecule has 0 atom stereocenters. The number of carbonyl (C=O) groups excluding carboxylic acids is 1. The molecule has 11 nitrogen and oxygen atoms in total. The summed E-state index contributed by atoms with van der Waals surface area (Å²) in [5.41, 5.74) is 8.06. The van der Waals surface area contributed by atoms with Gasteiger partial charge in [-0.15, -0.1) is 5.10 Å². The number of carbonyl (C=O) groups is 1. The molecule has 2 aromatic carbocycles. The molecular formula is C30H34FN9O2. The zero-order valence-corrected chi connectivity index (χ0v) is 23.9. The molecule has 6 rings (SSSR count). The third kappa shape index (κ3) is 6.66. The van der Waals surface area contributed by atoms with Gasteiger partial charge in [-0.1, -0.05) is 11.8 Å². The van der Waals surface area contributed by atoms with E-state index in [1.54, 1.807) is 29.8 Å². The van der Waals surface area contributed by atoms with Gasteiger partial charge in [-0.05, 0) is 75.7 Å². The first-order valence-electron chi connectivity index (χ1n) is 13.5. The van der Waals surface area contributed by atoms with Crippen LogP contribution in [0.2, 0.25) is 0 Å². The molecule has 0 radical (unpaired) electrons. The zero-order chi connectivity index (χ0) is 30.1. The standard InChI is InChI=1S/C26H25FN8O.C3H4O.CH5N/c1-16-22(36-17-6-9-21-20(14-17)32-33-34(21)2)10-7-18(24(16)27)30-26-25-19(28-15-29-26)8-11-23(31-25)35-12-4-3-5-13-35;1-2-3-4;1-2/h6-11,14-15H,3-5,12-13H2,1-2H3,(H,28,29,30);2-3H,1H2;2H2,1H3. The SMILES string of the molecule is C=CC=O.CN.Cc1c(Oc2ccc3c(c2)nnn3C)ccc(Nc2ncnc3ccc(N4CCCCC4)nc23)c1F. The van der Waals surface area contributed by atoms with E-state index >= 15 is 4.39 Å². The highest BCUT2D eigenvalue weighted by Gasteiger charge is 2.17. The molecule has 218 valence electrons. The minimum Gasteiger partial charge on any atom is -0.457 e. The summed E-state index contributed by atoms with van der Waals surface area (Å²) in [6.45, 7) is 6.75. The van der Waals surface area contributed by atoms with Crippen molar-refractivity contribution in [2.24, 2.45) is 12.8 Å². The van der Waals surface area contributed by atoms with Gasteiger partial charge in [0.05, 0.1) is 16.7 Å². The summed E-state index contributed by atoms with van der Waals surface area (Å²) in [7, 11) is 3.33. The second kappa shape index (κ2) is 14.1. The molecular weight excluding hydrogens is 537 g/mol. The molecule has 0 saturated carbocycles. The lowest BCUT2D eigenvalue weighted by molar-refractivity contribution is -0.104. The van der Waals surface area contributed by atoms with E-state index in [1.165, 1.54) is 25.9 Å². The minimum absolute atomic E-state index is 0.286. The average molecular weight is 572 g/mol. The largest absolute Gasteiger partial charge is 0.457 e. The van der Waals surface area contributed by atoms with E-state index in [0.717, 1.165) is 37.3 Å². The van der Waals surface area contributed by atoms with Crippen LogP contribution in [0.1, 0.15) is 24.8 Å². The lowest BCUT2D eigenvalue weighted by Gasteiger charge is -2.27. The van der Waals surface area contributed by atoms with Crippen LogP contribution in [-0.4, -0.2) is 56.4 Å². The number of rotatable bonds is 6. The normalized spacial score (nSPS) is 12.5. The van der Waals surface area contributed by atoms with E-state index in [9.17, 15) is 0 Å². The maximum atomic E-state index is 15.4. The number of nitrogens with one attached hydrogen (secondary N) is 1. The van der Waals surface area contributed by atoms with Crippen molar-refractivity contribution >= 4 is 45.7 Å². The Morgan fingerprint density at radius 2 is 1.81 bits per heavy atom. The van der Waals surface area contributed by atoms with Crippen molar-refractivity contribution < 1.29 is 13.9 Å². The smallest absolute Gasteiger partial charge is 0.160 e. The summed E-state index contributed by atoms with van der Waals surface area (Å²) in [4.78, 5) is 24.9. The van der Waals surface area contributed by atoms with E-state index in [4.69, 9.17) is 14.5 Å². The molecule has 3 aromatic heterocycles. The van der Waals surface area contributed by atoms with Crippen molar-refractivity contribution in [3.8, 4) is 11.5 Å². The molecule has 1 fully saturated rings. The van der Waals surface area contributed by atoms with Gasteiger partial charge in [-0.25, -0.2) is 24.0 Å². The van der Waals surface area contributed by atoms with Crippen LogP contribution in [0.4, 0.5) is 21.7 Å². The predicted molar refractivity (Wildman–Crippen MR) is 163 cm³/mol. The third-order valence-corrected chi connectivity index (χ3v) is 6.64. The van der Waals surface area contributed by atoms with Crippen LogP contribution in [0.5, 0.6) is 11.5 Å². The number of hydrogen-bond donors (Lipinski definition) is 2. The maximum Gasteiger partial charge on any atom is 0.160 e. The average Bonchev–Trinajstić information content (AvgIpc) is 3.41. The van der Waals surface area contributed by atoms with Crippen LogP contribution in [0.25, 0.3) is 22.1 Å². The summed E-state index contributed by atoms with van der Waals surface area (Å²) in [5, 5.41) is 11.2. The second-order valence-corrected chi connectivity index (χ2v) is 9.32. The summed E-state index contributed by atoms with van der Waals surface area (Å²) in [6.07, 6.45) is 6.84. The zero-order valence-electron chi connectivity index (χ0n) is 23.9. The summed E-state index contributed by atoms with van der Waals surface area (Å²) >= 11 is 0. The van der Waals surface area contributed by atoms with Crippen LogP contribution in [0.3, 0.4) is 0 Å². The molecule has 1 aliphatic rings. The van der Waals surface area contributed by atoms with Crippen LogP contribution in [-0.2, 0) is 11.8 Å². The van der Waals surface area contributed by atoms with Crippen LogP contribution in [0, 0.1) is 12.7 Å². The van der Waals surface area contributed by atoms with Gasteiger partial charge in [0.1, 0.15) is 41.0 Å². The highest BCUT2D eigenvalue weighted by atomic mass is 19.1. The molecule has 5 aromatic rings. The van der Waals surface area contributed by atoms with Crippen molar-refractivity contribution in [2.75, 3.05) is 30.4 Å². The van der Waals surface area contributed by atoms with E-state index < -0.39 is 5.82 Å². The quantitative estimate of drug-likeness (QED) is 0.206. The molecule has 4 heterocycles. The number of benzene rings is 2. The van der Waals surface area contributed by atoms with Gasteiger partial charge in [-0.3, -0.25) is 4.79 Å². The topological polar surface area (TPSA) is 137 Å². The second-order valence-electron chi connectivity index (χ2n) is 9.32. The Kier molecular flexibility index (Phi) is 10.1. The van der Waals surface area contributed by atoms with Crippen LogP contribution in [0.15, 0.2) is 61.4 Å². The molecule has 1 aliphatic heterocycles. The number of allylic oxidation sites excluding steroid dienone is 1. The summed E-state index contributed by atoms with van der Waals surface area (Å²) < 4.78 is 23.1. The highest BCUT2D eigenvalue weighted by molar-refractivity contribution is 5.88. The Morgan fingerprint density at radius 3 is 2.55 bits per heavy atom. The number of anilines is 3. The van der Waals surface area contributed by atoms with Crippen LogP contribution >= 0.6 is 0 Å². The first-order chi connectivity index (χ1) is 20.5. The monoisotopic (exact) mass is 571 g/mol.